The molecule has 26 heavy (non-hydrogen) atoms. The minimum absolute atomic E-state index is 0.107. The topological polar surface area (TPSA) is 77.9 Å². The Kier molecular flexibility index (Phi) is 4.93. The van der Waals surface area contributed by atoms with Crippen LogP contribution in [-0.2, 0) is 4.79 Å². The molecular weight excluding hydrogens is 332 g/mol. The minimum atomic E-state index is -0.827. The molecule has 0 saturated heterocycles. The normalized spacial score (nSPS) is 13.4. The Balaban J connectivity index is 1.89. The number of amides is 2. The van der Waals surface area contributed by atoms with Gasteiger partial charge in [-0.1, -0.05) is 18.6 Å². The largest absolute Gasteiger partial charge is 0.481 e. The number of carboxylic acid groups (broad SMARTS) is 1. The van der Waals surface area contributed by atoms with Crippen LogP contribution in [-0.4, -0.2) is 48.4 Å². The highest BCUT2D eigenvalue weighted by atomic mass is 16.4. The van der Waals surface area contributed by atoms with E-state index in [0.717, 1.165) is 16.5 Å². The van der Waals surface area contributed by atoms with Gasteiger partial charge < -0.3 is 10.0 Å². The van der Waals surface area contributed by atoms with Gasteiger partial charge in [-0.15, -0.1) is 0 Å². The average molecular weight is 354 g/mol. The molecule has 2 aromatic carbocycles. The second kappa shape index (κ2) is 7.15. The van der Waals surface area contributed by atoms with Crippen LogP contribution >= 0.6 is 0 Å². The molecule has 0 radical (unpaired) electrons. The van der Waals surface area contributed by atoms with Crippen molar-refractivity contribution in [1.29, 1.82) is 0 Å². The number of benzene rings is 2. The molecule has 0 atom stereocenters. The molecule has 0 bridgehead atoms. The molecule has 0 saturated carbocycles. The first-order valence-corrected chi connectivity index (χ1v) is 8.72. The third-order valence-electron chi connectivity index (χ3n) is 4.70. The maximum absolute atomic E-state index is 13.0. The molecule has 1 heterocycles. The van der Waals surface area contributed by atoms with Crippen LogP contribution in [0.3, 0.4) is 0 Å². The number of rotatable bonds is 7. The highest BCUT2D eigenvalue weighted by molar-refractivity contribution is 6.25. The summed E-state index contributed by atoms with van der Waals surface area (Å²) in [6.45, 7) is 0.305. The van der Waals surface area contributed by atoms with Crippen LogP contribution < -0.4 is 4.90 Å². The van der Waals surface area contributed by atoms with E-state index in [-0.39, 0.29) is 18.2 Å². The van der Waals surface area contributed by atoms with Gasteiger partial charge in [0.2, 0.25) is 0 Å². The summed E-state index contributed by atoms with van der Waals surface area (Å²) >= 11 is 0. The van der Waals surface area contributed by atoms with Crippen molar-refractivity contribution in [2.45, 2.75) is 25.7 Å². The Labute approximate surface area is 152 Å². The summed E-state index contributed by atoms with van der Waals surface area (Å²) in [6, 6.07) is 9.31. The van der Waals surface area contributed by atoms with Gasteiger partial charge in [0.05, 0.1) is 5.56 Å². The summed E-state index contributed by atoms with van der Waals surface area (Å²) in [4.78, 5) is 39.6. The minimum Gasteiger partial charge on any atom is -0.481 e. The fourth-order valence-corrected chi connectivity index (χ4v) is 3.33. The molecule has 0 fully saturated rings. The van der Waals surface area contributed by atoms with Crippen molar-refractivity contribution in [1.82, 2.24) is 4.90 Å². The molecule has 3 rings (SSSR count). The standard InChI is InChI=1S/C20H22N2O4/c1-21(2)14-11-13-7-6-8-15-18(13)16(12-14)20(26)22(19(15)25)10-5-3-4-9-17(23)24/h6-8,11-12H,3-5,9-10H2,1-2H3,(H,23,24). The van der Waals surface area contributed by atoms with Crippen molar-refractivity contribution in [3.8, 4) is 0 Å². The smallest absolute Gasteiger partial charge is 0.303 e. The molecule has 136 valence electrons. The highest BCUT2D eigenvalue weighted by Crippen LogP contribution is 2.33. The number of carbonyl (C=O) groups excluding carboxylic acids is 2. The van der Waals surface area contributed by atoms with E-state index in [0.29, 0.717) is 36.9 Å². The van der Waals surface area contributed by atoms with Crippen LogP contribution in [0, 0.1) is 0 Å². The Hall–Kier alpha value is -2.89. The molecule has 2 amide bonds. The van der Waals surface area contributed by atoms with Crippen LogP contribution in [0.4, 0.5) is 5.69 Å². The molecule has 0 unspecified atom stereocenters. The summed E-state index contributed by atoms with van der Waals surface area (Å²) in [5, 5.41) is 10.3. The number of carboxylic acids is 1. The molecule has 6 heteroatoms. The number of hydrogen-bond donors (Lipinski definition) is 1. The lowest BCUT2D eigenvalue weighted by atomic mass is 9.93. The van der Waals surface area contributed by atoms with Crippen molar-refractivity contribution in [2.24, 2.45) is 0 Å². The monoisotopic (exact) mass is 354 g/mol. The lowest BCUT2D eigenvalue weighted by molar-refractivity contribution is -0.137. The van der Waals surface area contributed by atoms with Gasteiger partial charge in [0.1, 0.15) is 0 Å². The van der Waals surface area contributed by atoms with Crippen LogP contribution in [0.2, 0.25) is 0 Å². The van der Waals surface area contributed by atoms with E-state index in [1.807, 2.05) is 43.3 Å². The molecule has 2 aromatic rings. The van der Waals surface area contributed by atoms with Crippen molar-refractivity contribution in [2.75, 3.05) is 25.5 Å². The fourth-order valence-electron chi connectivity index (χ4n) is 3.33. The number of imide groups is 1. The Morgan fingerprint density at radius 3 is 2.46 bits per heavy atom. The van der Waals surface area contributed by atoms with Crippen LogP contribution in [0.1, 0.15) is 46.4 Å². The molecule has 1 aliphatic heterocycles. The zero-order valence-electron chi connectivity index (χ0n) is 15.0. The molecule has 0 aliphatic carbocycles. The summed E-state index contributed by atoms with van der Waals surface area (Å²) in [5.74, 6) is -1.38. The number of nitrogens with zero attached hydrogens (tertiary/aromatic N) is 2. The van der Waals surface area contributed by atoms with E-state index in [2.05, 4.69) is 0 Å². The third-order valence-corrected chi connectivity index (χ3v) is 4.70. The second-order valence-corrected chi connectivity index (χ2v) is 6.76. The van der Waals surface area contributed by atoms with Crippen molar-refractivity contribution >= 4 is 34.2 Å². The molecule has 0 aromatic heterocycles. The van der Waals surface area contributed by atoms with Gasteiger partial charge in [0.15, 0.2) is 0 Å². The SMILES string of the molecule is CN(C)c1cc2c3c(cccc3c1)C(=O)N(CCCCCC(=O)O)C2=O. The molecule has 0 spiro atoms. The maximum Gasteiger partial charge on any atom is 0.303 e. The van der Waals surface area contributed by atoms with E-state index < -0.39 is 5.97 Å². The molecule has 1 N–H and O–H groups in total. The summed E-state index contributed by atoms with van der Waals surface area (Å²) < 4.78 is 0. The van der Waals surface area contributed by atoms with Crippen LogP contribution in [0.25, 0.3) is 10.8 Å². The number of hydrogen-bond acceptors (Lipinski definition) is 4. The zero-order chi connectivity index (χ0) is 18.8. The van der Waals surface area contributed by atoms with Gasteiger partial charge in [0, 0.05) is 43.7 Å². The van der Waals surface area contributed by atoms with E-state index in [1.165, 1.54) is 4.90 Å². The Bertz CT molecular complexity index is 889. The Morgan fingerprint density at radius 2 is 1.77 bits per heavy atom. The van der Waals surface area contributed by atoms with Gasteiger partial charge in [-0.25, -0.2) is 0 Å². The zero-order valence-corrected chi connectivity index (χ0v) is 15.0. The first-order chi connectivity index (χ1) is 12.4. The van der Waals surface area contributed by atoms with Crippen molar-refractivity contribution in [3.05, 3.63) is 41.5 Å². The predicted octanol–water partition coefficient (Wildman–Crippen LogP) is 3.15. The molecular formula is C20H22N2O4. The third kappa shape index (κ3) is 3.27. The van der Waals surface area contributed by atoms with Gasteiger partial charge in [-0.3, -0.25) is 19.3 Å². The summed E-state index contributed by atoms with van der Waals surface area (Å²) in [6.07, 6.45) is 1.92. The van der Waals surface area contributed by atoms with E-state index in [4.69, 9.17) is 5.11 Å². The fraction of sp³-hybridized carbons (Fsp3) is 0.350. The van der Waals surface area contributed by atoms with E-state index >= 15 is 0 Å². The first-order valence-electron chi connectivity index (χ1n) is 8.72. The Morgan fingerprint density at radius 1 is 1.04 bits per heavy atom. The molecule has 6 nitrogen and oxygen atoms in total. The maximum atomic E-state index is 13.0. The number of anilines is 1. The highest BCUT2D eigenvalue weighted by Gasteiger charge is 2.32. The quantitative estimate of drug-likeness (QED) is 0.610. The number of aliphatic carboxylic acids is 1. The van der Waals surface area contributed by atoms with Crippen LogP contribution in [0.5, 0.6) is 0 Å². The van der Waals surface area contributed by atoms with Crippen LogP contribution in [0.15, 0.2) is 30.3 Å². The lowest BCUT2D eigenvalue weighted by Gasteiger charge is -2.28. The van der Waals surface area contributed by atoms with Gasteiger partial charge in [0.25, 0.3) is 11.8 Å². The summed E-state index contributed by atoms with van der Waals surface area (Å²) in [7, 11) is 3.83. The van der Waals surface area contributed by atoms with Crippen molar-refractivity contribution in [3.63, 3.8) is 0 Å². The molecule has 1 aliphatic rings. The first kappa shape index (κ1) is 17.9. The van der Waals surface area contributed by atoms with Crippen molar-refractivity contribution < 1.29 is 19.5 Å². The van der Waals surface area contributed by atoms with Gasteiger partial charge in [-0.2, -0.15) is 0 Å². The number of unbranched alkanes of at least 4 members (excludes halogenated alkanes) is 2. The summed E-state index contributed by atoms with van der Waals surface area (Å²) in [5.41, 5.74) is 2.01. The lowest BCUT2D eigenvalue weighted by Crippen LogP contribution is -2.41. The van der Waals surface area contributed by atoms with Gasteiger partial charge >= 0.3 is 5.97 Å². The average Bonchev–Trinajstić information content (AvgIpc) is 2.61. The number of carbonyl (C=O) groups is 3. The van der Waals surface area contributed by atoms with E-state index in [1.54, 1.807) is 6.07 Å². The van der Waals surface area contributed by atoms with E-state index in [9.17, 15) is 14.4 Å². The van der Waals surface area contributed by atoms with Gasteiger partial charge in [-0.05, 0) is 36.4 Å². The predicted molar refractivity (Wildman–Crippen MR) is 99.7 cm³/mol. The second-order valence-electron chi connectivity index (χ2n) is 6.76.